The highest BCUT2D eigenvalue weighted by molar-refractivity contribution is 5.96. The number of hydrogen-bond donors (Lipinski definition) is 1. The number of allylic oxidation sites excluding steroid dienone is 2. The third-order valence-corrected chi connectivity index (χ3v) is 2.04. The SMILES string of the molecule is C=C(/C=C1\CCCCC1=O)N=CN. The molecule has 0 aliphatic heterocycles. The summed E-state index contributed by atoms with van der Waals surface area (Å²) < 4.78 is 0. The van der Waals surface area contributed by atoms with Gasteiger partial charge in [0.1, 0.15) is 0 Å². The largest absolute Gasteiger partial charge is 0.390 e. The molecule has 0 saturated heterocycles. The third kappa shape index (κ3) is 2.86. The van der Waals surface area contributed by atoms with Crippen LogP contribution in [0.25, 0.3) is 0 Å². The Hall–Kier alpha value is -1.38. The zero-order chi connectivity index (χ0) is 9.68. The van der Waals surface area contributed by atoms with Crippen molar-refractivity contribution < 1.29 is 4.79 Å². The molecule has 0 aromatic rings. The zero-order valence-electron chi connectivity index (χ0n) is 7.62. The first-order valence-corrected chi connectivity index (χ1v) is 4.41. The number of ketones is 1. The minimum absolute atomic E-state index is 0.222. The fourth-order valence-corrected chi connectivity index (χ4v) is 1.39. The van der Waals surface area contributed by atoms with Gasteiger partial charge in [-0.25, -0.2) is 4.99 Å². The van der Waals surface area contributed by atoms with Crippen LogP contribution in [-0.2, 0) is 4.79 Å². The van der Waals surface area contributed by atoms with Crippen LogP contribution in [0.4, 0.5) is 0 Å². The summed E-state index contributed by atoms with van der Waals surface area (Å²) in [5.74, 6) is 0.222. The van der Waals surface area contributed by atoms with Crippen LogP contribution in [0.5, 0.6) is 0 Å². The van der Waals surface area contributed by atoms with Crippen molar-refractivity contribution in [1.29, 1.82) is 0 Å². The normalized spacial score (nSPS) is 21.2. The summed E-state index contributed by atoms with van der Waals surface area (Å²) in [6.45, 7) is 3.67. The fraction of sp³-hybridized carbons (Fsp3) is 0.400. The summed E-state index contributed by atoms with van der Waals surface area (Å²) in [4.78, 5) is 15.1. The van der Waals surface area contributed by atoms with Crippen LogP contribution in [0.15, 0.2) is 28.9 Å². The molecule has 13 heavy (non-hydrogen) atoms. The molecule has 0 aromatic carbocycles. The number of nitrogens with two attached hydrogens (primary N) is 1. The molecule has 0 bridgehead atoms. The molecule has 0 amide bonds. The standard InChI is InChI=1S/C10H14N2O/c1-8(12-7-11)6-9-4-2-3-5-10(9)13/h6-7H,1-5H2,(H2,11,12)/b9-6+. The molecular weight excluding hydrogens is 164 g/mol. The highest BCUT2D eigenvalue weighted by Gasteiger charge is 2.14. The molecule has 70 valence electrons. The quantitative estimate of drug-likeness (QED) is 0.396. The predicted molar refractivity (Wildman–Crippen MR) is 53.4 cm³/mol. The summed E-state index contributed by atoms with van der Waals surface area (Å²) in [5, 5.41) is 0. The first kappa shape index (κ1) is 9.71. The molecule has 0 atom stereocenters. The van der Waals surface area contributed by atoms with Crippen LogP contribution in [0.2, 0.25) is 0 Å². The third-order valence-electron chi connectivity index (χ3n) is 2.04. The molecule has 1 fully saturated rings. The second-order valence-corrected chi connectivity index (χ2v) is 3.07. The molecule has 1 aliphatic carbocycles. The first-order valence-electron chi connectivity index (χ1n) is 4.41. The van der Waals surface area contributed by atoms with E-state index in [2.05, 4.69) is 11.6 Å². The van der Waals surface area contributed by atoms with Crippen molar-refractivity contribution >= 4 is 12.1 Å². The van der Waals surface area contributed by atoms with Crippen LogP contribution in [0, 0.1) is 0 Å². The lowest BCUT2D eigenvalue weighted by atomic mass is 9.93. The summed E-state index contributed by atoms with van der Waals surface area (Å²) in [5.41, 5.74) is 6.49. The highest BCUT2D eigenvalue weighted by atomic mass is 16.1. The fourth-order valence-electron chi connectivity index (χ4n) is 1.39. The van der Waals surface area contributed by atoms with Gasteiger partial charge < -0.3 is 5.73 Å². The van der Waals surface area contributed by atoms with Gasteiger partial charge in [0, 0.05) is 6.42 Å². The monoisotopic (exact) mass is 178 g/mol. The van der Waals surface area contributed by atoms with Gasteiger partial charge in [-0.3, -0.25) is 4.79 Å². The van der Waals surface area contributed by atoms with Gasteiger partial charge in [0.05, 0.1) is 12.0 Å². The molecule has 0 unspecified atom stereocenters. The highest BCUT2D eigenvalue weighted by Crippen LogP contribution is 2.20. The number of aliphatic imine (C=N–C) groups is 1. The number of nitrogens with zero attached hydrogens (tertiary/aromatic N) is 1. The molecule has 3 heteroatoms. The Bertz CT molecular complexity index is 277. The van der Waals surface area contributed by atoms with Crippen molar-refractivity contribution in [3.8, 4) is 0 Å². The van der Waals surface area contributed by atoms with Gasteiger partial charge in [-0.2, -0.15) is 0 Å². The Kier molecular flexibility index (Phi) is 3.43. The molecule has 1 aliphatic rings. The molecule has 1 rings (SSSR count). The number of rotatable bonds is 2. The number of carbonyl (C=O) groups is 1. The van der Waals surface area contributed by atoms with Gasteiger partial charge in [-0.15, -0.1) is 0 Å². The van der Waals surface area contributed by atoms with Crippen molar-refractivity contribution in [3.05, 3.63) is 23.9 Å². The van der Waals surface area contributed by atoms with E-state index in [1.165, 1.54) is 6.34 Å². The topological polar surface area (TPSA) is 55.5 Å². The minimum atomic E-state index is 0.222. The average Bonchev–Trinajstić information content (AvgIpc) is 2.09. The van der Waals surface area contributed by atoms with Crippen molar-refractivity contribution in [1.82, 2.24) is 0 Å². The van der Waals surface area contributed by atoms with E-state index in [0.717, 1.165) is 24.8 Å². The average molecular weight is 178 g/mol. The zero-order valence-corrected chi connectivity index (χ0v) is 7.62. The summed E-state index contributed by atoms with van der Waals surface area (Å²) >= 11 is 0. The van der Waals surface area contributed by atoms with Gasteiger partial charge in [0.25, 0.3) is 0 Å². The lowest BCUT2D eigenvalue weighted by Crippen LogP contribution is -2.08. The molecular formula is C10H14N2O. The number of carbonyl (C=O) groups excluding carboxylic acids is 1. The molecule has 0 aromatic heterocycles. The van der Waals surface area contributed by atoms with Gasteiger partial charge in [-0.05, 0) is 30.9 Å². The van der Waals surface area contributed by atoms with E-state index >= 15 is 0 Å². The maximum absolute atomic E-state index is 11.3. The second kappa shape index (κ2) is 4.60. The predicted octanol–water partition coefficient (Wildman–Crippen LogP) is 1.56. The molecule has 0 spiro atoms. The van der Waals surface area contributed by atoms with Crippen LogP contribution in [0.1, 0.15) is 25.7 Å². The number of hydrogen-bond acceptors (Lipinski definition) is 2. The van der Waals surface area contributed by atoms with E-state index in [1.54, 1.807) is 6.08 Å². The second-order valence-electron chi connectivity index (χ2n) is 3.07. The number of Topliss-reactive ketones (excluding diaryl/α,β-unsaturated/α-hetero) is 1. The van der Waals surface area contributed by atoms with Gasteiger partial charge in [-0.1, -0.05) is 6.58 Å². The van der Waals surface area contributed by atoms with Crippen molar-refractivity contribution in [3.63, 3.8) is 0 Å². The van der Waals surface area contributed by atoms with Crippen LogP contribution >= 0.6 is 0 Å². The molecule has 2 N–H and O–H groups in total. The molecule has 3 nitrogen and oxygen atoms in total. The van der Waals surface area contributed by atoms with Gasteiger partial charge in [0.15, 0.2) is 5.78 Å². The first-order chi connectivity index (χ1) is 6.24. The maximum atomic E-state index is 11.3. The van der Waals surface area contributed by atoms with Crippen LogP contribution < -0.4 is 5.73 Å². The van der Waals surface area contributed by atoms with E-state index in [-0.39, 0.29) is 5.78 Å². The van der Waals surface area contributed by atoms with E-state index in [0.29, 0.717) is 12.1 Å². The molecule has 0 radical (unpaired) electrons. The van der Waals surface area contributed by atoms with Gasteiger partial charge in [0.2, 0.25) is 0 Å². The summed E-state index contributed by atoms with van der Waals surface area (Å²) in [7, 11) is 0. The molecule has 1 saturated carbocycles. The minimum Gasteiger partial charge on any atom is -0.390 e. The van der Waals surface area contributed by atoms with E-state index in [4.69, 9.17) is 5.73 Å². The van der Waals surface area contributed by atoms with Crippen LogP contribution in [0.3, 0.4) is 0 Å². The van der Waals surface area contributed by atoms with E-state index in [9.17, 15) is 4.79 Å². The van der Waals surface area contributed by atoms with E-state index in [1.807, 2.05) is 0 Å². The lowest BCUT2D eigenvalue weighted by Gasteiger charge is -2.11. The maximum Gasteiger partial charge on any atom is 0.158 e. The smallest absolute Gasteiger partial charge is 0.158 e. The van der Waals surface area contributed by atoms with Crippen LogP contribution in [-0.4, -0.2) is 12.1 Å². The Labute approximate surface area is 78.0 Å². The van der Waals surface area contributed by atoms with E-state index < -0.39 is 0 Å². The Balaban J connectivity index is 2.68. The lowest BCUT2D eigenvalue weighted by molar-refractivity contribution is -0.116. The van der Waals surface area contributed by atoms with Crippen molar-refractivity contribution in [2.24, 2.45) is 10.7 Å². The van der Waals surface area contributed by atoms with Crippen molar-refractivity contribution in [2.45, 2.75) is 25.7 Å². The van der Waals surface area contributed by atoms with Gasteiger partial charge >= 0.3 is 0 Å². The van der Waals surface area contributed by atoms with Crippen molar-refractivity contribution in [2.75, 3.05) is 0 Å². The summed E-state index contributed by atoms with van der Waals surface area (Å²) in [6.07, 6.45) is 6.50. The molecule has 0 heterocycles. The Morgan fingerprint density at radius 1 is 1.46 bits per heavy atom. The summed E-state index contributed by atoms with van der Waals surface area (Å²) in [6, 6.07) is 0. The Morgan fingerprint density at radius 2 is 2.15 bits per heavy atom. The Morgan fingerprint density at radius 3 is 2.77 bits per heavy atom.